The number of amides is 1. The molecule has 6 heteroatoms. The summed E-state index contributed by atoms with van der Waals surface area (Å²) in [4.78, 5) is 15.6. The van der Waals surface area contributed by atoms with Gasteiger partial charge >= 0.3 is 0 Å². The van der Waals surface area contributed by atoms with Gasteiger partial charge in [0.2, 0.25) is 0 Å². The zero-order chi connectivity index (χ0) is 23.6. The molecule has 1 fully saturated rings. The Morgan fingerprint density at radius 1 is 1.12 bits per heavy atom. The van der Waals surface area contributed by atoms with Crippen molar-refractivity contribution in [1.82, 2.24) is 15.4 Å². The van der Waals surface area contributed by atoms with E-state index in [1.807, 2.05) is 18.2 Å². The van der Waals surface area contributed by atoms with Crippen LogP contribution in [0.1, 0.15) is 52.9 Å². The summed E-state index contributed by atoms with van der Waals surface area (Å²) >= 11 is 6.36. The smallest absolute Gasteiger partial charge is 0.257 e. The van der Waals surface area contributed by atoms with E-state index in [1.54, 1.807) is 13.0 Å². The maximum Gasteiger partial charge on any atom is 0.257 e. The highest BCUT2D eigenvalue weighted by Gasteiger charge is 2.38. The third kappa shape index (κ3) is 4.85. The van der Waals surface area contributed by atoms with Crippen molar-refractivity contribution >= 4 is 17.5 Å². The zero-order valence-electron chi connectivity index (χ0n) is 19.8. The highest BCUT2D eigenvalue weighted by molar-refractivity contribution is 6.33. The fourth-order valence-corrected chi connectivity index (χ4v) is 5.20. The van der Waals surface area contributed by atoms with Gasteiger partial charge in [-0.2, -0.15) is 0 Å². The maximum absolute atomic E-state index is 13.3. The normalized spacial score (nSPS) is 20.7. The molecule has 2 aromatic carbocycles. The molecule has 0 atom stereocenters. The molecule has 0 saturated heterocycles. The largest absolute Gasteiger partial charge is 0.360 e. The van der Waals surface area contributed by atoms with Gasteiger partial charge in [0.15, 0.2) is 0 Å². The Kier molecular flexibility index (Phi) is 6.91. The Morgan fingerprint density at radius 3 is 2.45 bits per heavy atom. The van der Waals surface area contributed by atoms with E-state index in [1.165, 1.54) is 11.1 Å². The van der Waals surface area contributed by atoms with Crippen molar-refractivity contribution in [3.63, 3.8) is 0 Å². The summed E-state index contributed by atoms with van der Waals surface area (Å²) in [6.45, 7) is 3.95. The molecule has 0 radical (unpaired) electrons. The standard InChI is InChI=1S/C27H32ClN3O2/c1-18-9-5-6-10-20(18)17-27(31(3)4)15-13-21(14-16-27)29-26(32)24-19(2)33-30-25(24)22-11-7-8-12-23(22)28/h5-12,21H,13-17H2,1-4H3,(H,29,32). The number of hydrogen-bond donors (Lipinski definition) is 1. The fourth-order valence-electron chi connectivity index (χ4n) is 4.98. The molecule has 1 N–H and O–H groups in total. The molecule has 0 spiro atoms. The molecule has 1 aliphatic carbocycles. The predicted molar refractivity (Wildman–Crippen MR) is 133 cm³/mol. The van der Waals surface area contributed by atoms with Crippen LogP contribution >= 0.6 is 11.6 Å². The van der Waals surface area contributed by atoms with Gasteiger partial charge in [-0.3, -0.25) is 4.79 Å². The Hall–Kier alpha value is -2.63. The summed E-state index contributed by atoms with van der Waals surface area (Å²) in [6.07, 6.45) is 4.94. The van der Waals surface area contributed by atoms with Gasteiger partial charge in [-0.05, 0) is 77.2 Å². The van der Waals surface area contributed by atoms with Gasteiger partial charge in [0.05, 0.1) is 5.02 Å². The molecule has 1 aromatic heterocycles. The summed E-state index contributed by atoms with van der Waals surface area (Å²) in [6, 6.07) is 16.1. The van der Waals surface area contributed by atoms with E-state index in [0.29, 0.717) is 27.6 Å². The number of likely N-dealkylation sites (N-methyl/N-ethyl adjacent to an activating group) is 1. The third-order valence-corrected chi connectivity index (χ3v) is 7.53. The number of halogens is 1. The minimum absolute atomic E-state index is 0.100. The molecule has 1 saturated carbocycles. The molecule has 0 unspecified atom stereocenters. The second-order valence-electron chi connectivity index (χ2n) is 9.41. The Labute approximate surface area is 201 Å². The molecule has 1 amide bonds. The number of rotatable bonds is 6. The van der Waals surface area contributed by atoms with E-state index in [0.717, 1.165) is 32.1 Å². The number of hydrogen-bond acceptors (Lipinski definition) is 4. The van der Waals surface area contributed by atoms with Crippen molar-refractivity contribution in [2.24, 2.45) is 0 Å². The maximum atomic E-state index is 13.3. The number of carbonyl (C=O) groups is 1. The fraction of sp³-hybridized carbons (Fsp3) is 0.407. The first kappa shape index (κ1) is 23.5. The van der Waals surface area contributed by atoms with Gasteiger partial charge in [-0.1, -0.05) is 59.2 Å². The third-order valence-electron chi connectivity index (χ3n) is 7.20. The molecule has 0 aliphatic heterocycles. The number of benzene rings is 2. The van der Waals surface area contributed by atoms with Crippen LogP contribution in [0.3, 0.4) is 0 Å². The first-order chi connectivity index (χ1) is 15.8. The first-order valence-corrected chi connectivity index (χ1v) is 11.9. The molecule has 4 rings (SSSR count). The molecule has 1 heterocycles. The number of aryl methyl sites for hydroxylation is 2. The van der Waals surface area contributed by atoms with E-state index in [9.17, 15) is 4.79 Å². The summed E-state index contributed by atoms with van der Waals surface area (Å²) < 4.78 is 5.38. The summed E-state index contributed by atoms with van der Waals surface area (Å²) in [7, 11) is 4.35. The minimum atomic E-state index is -0.148. The summed E-state index contributed by atoms with van der Waals surface area (Å²) in [5.41, 5.74) is 4.50. The van der Waals surface area contributed by atoms with Gasteiger partial charge in [0.25, 0.3) is 5.91 Å². The lowest BCUT2D eigenvalue weighted by molar-refractivity contribution is 0.0768. The number of carbonyl (C=O) groups excluding carboxylic acids is 1. The van der Waals surface area contributed by atoms with E-state index in [4.69, 9.17) is 16.1 Å². The Balaban J connectivity index is 1.47. The molecule has 0 bridgehead atoms. The molecule has 5 nitrogen and oxygen atoms in total. The number of nitrogens with zero attached hydrogens (tertiary/aromatic N) is 2. The van der Waals surface area contributed by atoms with E-state index in [2.05, 4.69) is 60.7 Å². The van der Waals surface area contributed by atoms with Crippen LogP contribution in [-0.4, -0.2) is 41.6 Å². The van der Waals surface area contributed by atoms with Gasteiger partial charge in [0.1, 0.15) is 17.0 Å². The highest BCUT2D eigenvalue weighted by atomic mass is 35.5. The van der Waals surface area contributed by atoms with Crippen LogP contribution in [-0.2, 0) is 6.42 Å². The molecule has 1 aliphatic rings. The Morgan fingerprint density at radius 2 is 1.79 bits per heavy atom. The predicted octanol–water partition coefficient (Wildman–Crippen LogP) is 5.83. The molecule has 174 valence electrons. The van der Waals surface area contributed by atoms with Crippen molar-refractivity contribution in [3.8, 4) is 11.3 Å². The van der Waals surface area contributed by atoms with E-state index >= 15 is 0 Å². The lowest BCUT2D eigenvalue weighted by atomic mass is 9.74. The zero-order valence-corrected chi connectivity index (χ0v) is 20.6. The lowest BCUT2D eigenvalue weighted by Gasteiger charge is -2.45. The number of nitrogens with one attached hydrogen (secondary N) is 1. The van der Waals surface area contributed by atoms with Crippen molar-refractivity contribution in [3.05, 3.63) is 76.0 Å². The van der Waals surface area contributed by atoms with Gasteiger partial charge < -0.3 is 14.7 Å². The van der Waals surface area contributed by atoms with Crippen molar-refractivity contribution in [2.75, 3.05) is 14.1 Å². The topological polar surface area (TPSA) is 58.4 Å². The van der Waals surface area contributed by atoms with Crippen LogP contribution in [0.2, 0.25) is 5.02 Å². The lowest BCUT2D eigenvalue weighted by Crippen LogP contribution is -2.52. The van der Waals surface area contributed by atoms with E-state index < -0.39 is 0 Å². The van der Waals surface area contributed by atoms with Crippen molar-refractivity contribution < 1.29 is 9.32 Å². The summed E-state index contributed by atoms with van der Waals surface area (Å²) in [5, 5.41) is 7.92. The van der Waals surface area contributed by atoms with Crippen LogP contribution in [0.15, 0.2) is 53.1 Å². The van der Waals surface area contributed by atoms with Crippen molar-refractivity contribution in [1.29, 1.82) is 0 Å². The molecular formula is C27H32ClN3O2. The average Bonchev–Trinajstić information content (AvgIpc) is 3.18. The van der Waals surface area contributed by atoms with E-state index in [-0.39, 0.29) is 17.5 Å². The Bertz CT molecular complexity index is 1130. The van der Waals surface area contributed by atoms with Gasteiger partial charge in [0, 0.05) is 17.1 Å². The van der Waals surface area contributed by atoms with Crippen LogP contribution < -0.4 is 5.32 Å². The first-order valence-electron chi connectivity index (χ1n) is 11.5. The van der Waals surface area contributed by atoms with Crippen LogP contribution in [0.4, 0.5) is 0 Å². The van der Waals surface area contributed by atoms with Crippen LogP contribution in [0.5, 0.6) is 0 Å². The van der Waals surface area contributed by atoms with Gasteiger partial charge in [-0.15, -0.1) is 0 Å². The molecular weight excluding hydrogens is 434 g/mol. The molecule has 33 heavy (non-hydrogen) atoms. The van der Waals surface area contributed by atoms with Gasteiger partial charge in [-0.25, -0.2) is 0 Å². The number of aromatic nitrogens is 1. The molecule has 3 aromatic rings. The second kappa shape index (κ2) is 9.70. The highest BCUT2D eigenvalue weighted by Crippen LogP contribution is 2.37. The minimum Gasteiger partial charge on any atom is -0.360 e. The van der Waals surface area contributed by atoms with Crippen LogP contribution in [0.25, 0.3) is 11.3 Å². The van der Waals surface area contributed by atoms with Crippen molar-refractivity contribution in [2.45, 2.75) is 57.5 Å². The van der Waals surface area contributed by atoms with Crippen LogP contribution in [0, 0.1) is 13.8 Å². The average molecular weight is 466 g/mol. The second-order valence-corrected chi connectivity index (χ2v) is 9.82. The quantitative estimate of drug-likeness (QED) is 0.497. The summed E-state index contributed by atoms with van der Waals surface area (Å²) in [5.74, 6) is 0.352. The monoisotopic (exact) mass is 465 g/mol. The SMILES string of the molecule is Cc1ccccc1CC1(N(C)C)CCC(NC(=O)c2c(-c3ccccc3Cl)noc2C)CC1.